The molecule has 1 aromatic carbocycles. The van der Waals surface area contributed by atoms with Gasteiger partial charge in [0.15, 0.2) is 6.61 Å². The van der Waals surface area contributed by atoms with Gasteiger partial charge in [-0.2, -0.15) is 0 Å². The first-order valence-corrected chi connectivity index (χ1v) is 11.4. The third-order valence-corrected chi connectivity index (χ3v) is 6.35. The lowest BCUT2D eigenvalue weighted by Gasteiger charge is -2.25. The fourth-order valence-corrected chi connectivity index (χ4v) is 4.69. The molecule has 0 unspecified atom stereocenters. The average molecular weight is 459 g/mol. The van der Waals surface area contributed by atoms with Crippen LogP contribution < -0.4 is 15.4 Å². The van der Waals surface area contributed by atoms with Crippen LogP contribution >= 0.6 is 0 Å². The van der Waals surface area contributed by atoms with E-state index >= 15 is 0 Å². The highest BCUT2D eigenvalue weighted by atomic mass is 16.7. The van der Waals surface area contributed by atoms with Gasteiger partial charge < -0.3 is 30.0 Å². The van der Waals surface area contributed by atoms with Crippen LogP contribution in [0.2, 0.25) is 0 Å². The molecule has 3 heterocycles. The molecule has 6 atom stereocenters. The molecule has 2 amide bonds. The van der Waals surface area contributed by atoms with Crippen LogP contribution in [0.4, 0.5) is 0 Å². The number of allylic oxidation sites excluding steroid dienone is 2. The quantitative estimate of drug-likeness (QED) is 0.231. The summed E-state index contributed by atoms with van der Waals surface area (Å²) in [6.45, 7) is 0.189. The minimum atomic E-state index is -0.780. The summed E-state index contributed by atoms with van der Waals surface area (Å²) in [6, 6.07) is 9.01. The van der Waals surface area contributed by atoms with E-state index in [1.165, 1.54) is 0 Å². The molecule has 0 radical (unpaired) electrons. The predicted octanol–water partition coefficient (Wildman–Crippen LogP) is 1.28. The summed E-state index contributed by atoms with van der Waals surface area (Å²) in [5.41, 5.74) is 0. The summed E-state index contributed by atoms with van der Waals surface area (Å²) in [7, 11) is 0. The van der Waals surface area contributed by atoms with E-state index < -0.39 is 5.97 Å². The maximum atomic E-state index is 12.3. The molecule has 9 nitrogen and oxygen atoms in total. The molecule has 3 aliphatic heterocycles. The number of carboxylic acids is 1. The highest BCUT2D eigenvalue weighted by molar-refractivity contribution is 5.85. The van der Waals surface area contributed by atoms with Crippen molar-refractivity contribution in [3.05, 3.63) is 42.5 Å². The minimum Gasteiger partial charge on any atom is -0.484 e. The number of nitrogens with one attached hydrogen (secondary N) is 2. The van der Waals surface area contributed by atoms with Gasteiger partial charge in [-0.1, -0.05) is 30.4 Å². The molecule has 3 saturated heterocycles. The van der Waals surface area contributed by atoms with Crippen molar-refractivity contribution in [2.75, 3.05) is 19.7 Å². The number of carboxylic acid groups (broad SMARTS) is 1. The van der Waals surface area contributed by atoms with Gasteiger partial charge in [-0.15, -0.1) is 0 Å². The van der Waals surface area contributed by atoms with Crippen molar-refractivity contribution in [3.63, 3.8) is 0 Å². The third-order valence-electron chi connectivity index (χ3n) is 6.35. The van der Waals surface area contributed by atoms with Gasteiger partial charge >= 0.3 is 5.97 Å². The van der Waals surface area contributed by atoms with Gasteiger partial charge in [-0.25, -0.2) is 0 Å². The summed E-state index contributed by atoms with van der Waals surface area (Å²) >= 11 is 0. The molecule has 3 N–H and O–H groups in total. The van der Waals surface area contributed by atoms with Crippen LogP contribution in [0.3, 0.4) is 0 Å². The van der Waals surface area contributed by atoms with Crippen LogP contribution in [0.25, 0.3) is 0 Å². The lowest BCUT2D eigenvalue weighted by atomic mass is 9.77. The van der Waals surface area contributed by atoms with Crippen LogP contribution in [-0.4, -0.2) is 67.0 Å². The van der Waals surface area contributed by atoms with Crippen LogP contribution in [0, 0.1) is 11.8 Å². The van der Waals surface area contributed by atoms with Gasteiger partial charge in [0.1, 0.15) is 18.0 Å². The van der Waals surface area contributed by atoms with Crippen molar-refractivity contribution < 1.29 is 33.7 Å². The highest BCUT2D eigenvalue weighted by Crippen LogP contribution is 2.54. The van der Waals surface area contributed by atoms with Crippen molar-refractivity contribution in [1.82, 2.24) is 10.6 Å². The summed E-state index contributed by atoms with van der Waals surface area (Å²) in [6.07, 6.45) is 6.73. The van der Waals surface area contributed by atoms with Crippen molar-refractivity contribution in [1.29, 1.82) is 0 Å². The van der Waals surface area contributed by atoms with Gasteiger partial charge in [-0.3, -0.25) is 14.4 Å². The van der Waals surface area contributed by atoms with E-state index in [1.54, 1.807) is 12.1 Å². The first-order chi connectivity index (χ1) is 16.0. The number of unbranched alkanes of at least 4 members (excludes halogenated alkanes) is 1. The Labute approximate surface area is 192 Å². The second kappa shape index (κ2) is 10.8. The molecule has 0 aliphatic carbocycles. The third kappa shape index (κ3) is 6.11. The summed E-state index contributed by atoms with van der Waals surface area (Å²) in [4.78, 5) is 34.8. The average Bonchev–Trinajstić information content (AvgIpc) is 3.44. The summed E-state index contributed by atoms with van der Waals surface area (Å²) in [5, 5.41) is 14.2. The van der Waals surface area contributed by atoms with Crippen LogP contribution in [0.1, 0.15) is 25.7 Å². The number of hydrogen-bond acceptors (Lipinski definition) is 6. The Hall–Kier alpha value is -2.91. The fourth-order valence-electron chi connectivity index (χ4n) is 4.69. The topological polar surface area (TPSA) is 126 Å². The number of hydrogen-bond donors (Lipinski definition) is 3. The molecule has 9 heteroatoms. The minimum absolute atomic E-state index is 0.0143. The van der Waals surface area contributed by atoms with E-state index in [9.17, 15) is 14.4 Å². The first-order valence-electron chi connectivity index (χ1n) is 11.4. The van der Waals surface area contributed by atoms with E-state index in [0.29, 0.717) is 18.7 Å². The Bertz CT molecular complexity index is 875. The molecular formula is C24H30N2O7. The summed E-state index contributed by atoms with van der Waals surface area (Å²) in [5.74, 6) is -0.430. The Kier molecular flexibility index (Phi) is 7.61. The van der Waals surface area contributed by atoms with Crippen LogP contribution in [0.15, 0.2) is 42.5 Å². The van der Waals surface area contributed by atoms with E-state index in [-0.39, 0.29) is 67.6 Å². The van der Waals surface area contributed by atoms with E-state index in [2.05, 4.69) is 16.7 Å². The maximum Gasteiger partial charge on any atom is 0.303 e. The Morgan fingerprint density at radius 2 is 1.67 bits per heavy atom. The van der Waals surface area contributed by atoms with E-state index in [4.69, 9.17) is 19.3 Å². The number of epoxide rings is 1. The molecule has 3 fully saturated rings. The number of benzene rings is 1. The molecule has 0 aromatic heterocycles. The zero-order valence-electron chi connectivity index (χ0n) is 18.4. The van der Waals surface area contributed by atoms with Crippen molar-refractivity contribution in [3.8, 4) is 5.75 Å². The standard InChI is InChI=1S/C24H30N2O7/c27-18(13-26-19(28)14-31-15-8-4-3-5-9-15)25-12-17-16(10-6-1-2-7-11-20(29)30)21-23-24(33-23)22(17)32-21/h1,3-6,8-9,16-17,21-24H,2,7,10-14H2,(H,25,27)(H,26,28)(H,29,30)/b6-1-/t16-,17+,21+,22-,23-,24+/m0/s1. The maximum absolute atomic E-state index is 12.3. The van der Waals surface area contributed by atoms with Crippen molar-refractivity contribution >= 4 is 17.8 Å². The molecule has 33 heavy (non-hydrogen) atoms. The van der Waals surface area contributed by atoms with Gasteiger partial charge in [-0.05, 0) is 37.3 Å². The number of carbonyl (C=O) groups excluding carboxylic acids is 2. The Morgan fingerprint density at radius 3 is 2.42 bits per heavy atom. The zero-order valence-corrected chi connectivity index (χ0v) is 18.4. The van der Waals surface area contributed by atoms with E-state index in [1.807, 2.05) is 24.3 Å². The largest absolute Gasteiger partial charge is 0.484 e. The number of ether oxygens (including phenoxy) is 3. The van der Waals surface area contributed by atoms with Gasteiger partial charge in [0.2, 0.25) is 5.91 Å². The SMILES string of the molecule is O=C(O)CCC/C=C\C[C@H]1[C@@H](CNC(=O)CNC(=O)COc2ccccc2)[C@@H]2O[C@H]1[C@@H]1O[C@@H]12. The van der Waals surface area contributed by atoms with Crippen LogP contribution in [-0.2, 0) is 23.9 Å². The molecule has 0 spiro atoms. The second-order valence-corrected chi connectivity index (χ2v) is 8.63. The molecule has 2 bridgehead atoms. The molecule has 4 rings (SSSR count). The number of aliphatic carboxylic acids is 1. The predicted molar refractivity (Wildman–Crippen MR) is 118 cm³/mol. The van der Waals surface area contributed by atoms with Crippen molar-refractivity contribution in [2.24, 2.45) is 11.8 Å². The number of para-hydroxylation sites is 1. The van der Waals surface area contributed by atoms with Crippen molar-refractivity contribution in [2.45, 2.75) is 50.1 Å². The van der Waals surface area contributed by atoms with Gasteiger partial charge in [0.25, 0.3) is 5.91 Å². The lowest BCUT2D eigenvalue weighted by molar-refractivity contribution is -0.137. The monoisotopic (exact) mass is 458 g/mol. The van der Waals surface area contributed by atoms with Gasteiger partial charge in [0.05, 0.1) is 18.8 Å². The fraction of sp³-hybridized carbons (Fsp3) is 0.542. The lowest BCUT2D eigenvalue weighted by Crippen LogP contribution is -2.44. The number of fused-ring (bicyclic) bond motifs is 5. The number of carbonyl (C=O) groups is 3. The van der Waals surface area contributed by atoms with Gasteiger partial charge in [0, 0.05) is 18.9 Å². The molecule has 178 valence electrons. The number of rotatable bonds is 13. The molecule has 1 aromatic rings. The Balaban J connectivity index is 1.17. The molecule has 3 aliphatic rings. The zero-order chi connectivity index (χ0) is 23.2. The summed E-state index contributed by atoms with van der Waals surface area (Å²) < 4.78 is 17.2. The number of amides is 2. The highest BCUT2D eigenvalue weighted by Gasteiger charge is 2.68. The van der Waals surface area contributed by atoms with E-state index in [0.717, 1.165) is 12.8 Å². The first kappa shape index (κ1) is 23.3. The smallest absolute Gasteiger partial charge is 0.303 e. The van der Waals surface area contributed by atoms with Crippen LogP contribution in [0.5, 0.6) is 5.75 Å². The second-order valence-electron chi connectivity index (χ2n) is 8.63. The normalized spacial score (nSPS) is 29.0. The molecular weight excluding hydrogens is 428 g/mol. The Morgan fingerprint density at radius 1 is 0.939 bits per heavy atom. The molecule has 0 saturated carbocycles.